The van der Waals surface area contributed by atoms with Gasteiger partial charge in [0.05, 0.1) is 19.3 Å². The van der Waals surface area contributed by atoms with Crippen LogP contribution in [0.3, 0.4) is 0 Å². The van der Waals surface area contributed by atoms with E-state index in [1.807, 2.05) is 0 Å². The summed E-state index contributed by atoms with van der Waals surface area (Å²) in [4.78, 5) is 23.0. The lowest BCUT2D eigenvalue weighted by molar-refractivity contribution is -0.146. The van der Waals surface area contributed by atoms with Gasteiger partial charge in [0.25, 0.3) is 0 Å². The molecule has 0 spiro atoms. The van der Waals surface area contributed by atoms with Crippen molar-refractivity contribution < 1.29 is 29.3 Å². The Morgan fingerprint density at radius 3 is 2.40 bits per heavy atom. The molecule has 1 saturated heterocycles. The molecular weight excluding hydrogens is 326 g/mol. The second-order valence-electron chi connectivity index (χ2n) is 6.69. The Kier molecular flexibility index (Phi) is 10.7. The average molecular weight is 359 g/mol. The van der Waals surface area contributed by atoms with Crippen LogP contribution in [0.25, 0.3) is 0 Å². The van der Waals surface area contributed by atoms with Crippen molar-refractivity contribution in [3.8, 4) is 0 Å². The van der Waals surface area contributed by atoms with Crippen molar-refractivity contribution in [3.63, 3.8) is 0 Å². The standard InChI is InChI=1S/C11H19NO4.C7H14O2/c1-8(13)16-9-6-10(11(14)7-9)12-2-4-15-5-3-12;1-2-3-4-5-6-7(8)9/h9-11,14H,2-7H2,1H3;2-6H2,1H3,(H,8,9)/t9-,10-,11-;/m1./s1. The molecule has 1 heterocycles. The third-order valence-corrected chi connectivity index (χ3v) is 4.54. The molecule has 1 aliphatic heterocycles. The number of carboxylic acid groups (broad SMARTS) is 1. The van der Waals surface area contributed by atoms with E-state index in [1.165, 1.54) is 13.3 Å². The number of ether oxygens (including phenoxy) is 2. The van der Waals surface area contributed by atoms with Crippen LogP contribution in [0.4, 0.5) is 0 Å². The monoisotopic (exact) mass is 359 g/mol. The Labute approximate surface area is 150 Å². The summed E-state index contributed by atoms with van der Waals surface area (Å²) in [7, 11) is 0. The van der Waals surface area contributed by atoms with Crippen molar-refractivity contribution in [2.45, 2.75) is 77.0 Å². The third-order valence-electron chi connectivity index (χ3n) is 4.54. The lowest BCUT2D eigenvalue weighted by Crippen LogP contribution is -2.46. The van der Waals surface area contributed by atoms with Crippen molar-refractivity contribution in [1.82, 2.24) is 4.90 Å². The van der Waals surface area contributed by atoms with Gasteiger partial charge in [0, 0.05) is 45.3 Å². The maximum Gasteiger partial charge on any atom is 0.303 e. The Hall–Kier alpha value is -1.18. The first-order chi connectivity index (χ1) is 11.9. The van der Waals surface area contributed by atoms with Crippen LogP contribution >= 0.6 is 0 Å². The normalized spacial score (nSPS) is 26.6. The topological polar surface area (TPSA) is 96.3 Å². The minimum Gasteiger partial charge on any atom is -0.481 e. The number of hydrogen-bond acceptors (Lipinski definition) is 6. The molecule has 0 aromatic rings. The van der Waals surface area contributed by atoms with Gasteiger partial charge in [-0.3, -0.25) is 14.5 Å². The van der Waals surface area contributed by atoms with E-state index < -0.39 is 5.97 Å². The molecular formula is C18H33NO6. The first-order valence-corrected chi connectivity index (χ1v) is 9.32. The zero-order valence-electron chi connectivity index (χ0n) is 15.5. The Bertz CT molecular complexity index is 397. The molecule has 0 unspecified atom stereocenters. The van der Waals surface area contributed by atoms with E-state index >= 15 is 0 Å². The summed E-state index contributed by atoms with van der Waals surface area (Å²) >= 11 is 0. The maximum atomic E-state index is 10.9. The molecule has 3 atom stereocenters. The number of morpholine rings is 1. The predicted octanol–water partition coefficient (Wildman–Crippen LogP) is 1.81. The Balaban J connectivity index is 0.000000299. The predicted molar refractivity (Wildman–Crippen MR) is 93.4 cm³/mol. The van der Waals surface area contributed by atoms with Gasteiger partial charge in [-0.2, -0.15) is 0 Å². The minimum absolute atomic E-state index is 0.119. The highest BCUT2D eigenvalue weighted by molar-refractivity contribution is 5.66. The fourth-order valence-corrected chi connectivity index (χ4v) is 3.28. The summed E-state index contributed by atoms with van der Waals surface area (Å²) in [6.45, 7) is 6.68. The number of carbonyl (C=O) groups excluding carboxylic acids is 1. The summed E-state index contributed by atoms with van der Waals surface area (Å²) in [6, 6.07) is 0.119. The fraction of sp³-hybridized carbons (Fsp3) is 0.889. The van der Waals surface area contributed by atoms with Gasteiger partial charge in [0.2, 0.25) is 0 Å². The van der Waals surface area contributed by atoms with Gasteiger partial charge in [-0.15, -0.1) is 0 Å². The van der Waals surface area contributed by atoms with Gasteiger partial charge in [-0.25, -0.2) is 0 Å². The van der Waals surface area contributed by atoms with E-state index in [0.717, 1.165) is 52.0 Å². The van der Waals surface area contributed by atoms with Crippen LogP contribution in [0.1, 0.15) is 58.8 Å². The van der Waals surface area contributed by atoms with Crippen molar-refractivity contribution in [1.29, 1.82) is 0 Å². The van der Waals surface area contributed by atoms with Gasteiger partial charge in [-0.1, -0.05) is 26.2 Å². The largest absolute Gasteiger partial charge is 0.481 e. The summed E-state index contributed by atoms with van der Waals surface area (Å²) in [5.74, 6) is -0.939. The number of esters is 1. The molecule has 0 amide bonds. The number of rotatable bonds is 7. The van der Waals surface area contributed by atoms with E-state index in [0.29, 0.717) is 12.8 Å². The molecule has 1 saturated carbocycles. The quantitative estimate of drug-likeness (QED) is 0.528. The lowest BCUT2D eigenvalue weighted by Gasteiger charge is -2.33. The molecule has 7 heteroatoms. The van der Waals surface area contributed by atoms with E-state index in [2.05, 4.69) is 11.8 Å². The van der Waals surface area contributed by atoms with Crippen molar-refractivity contribution in [2.75, 3.05) is 26.3 Å². The van der Waals surface area contributed by atoms with Crippen LogP contribution in [0.15, 0.2) is 0 Å². The van der Waals surface area contributed by atoms with E-state index in [-0.39, 0.29) is 24.2 Å². The molecule has 0 aromatic carbocycles. The maximum absolute atomic E-state index is 10.9. The van der Waals surface area contributed by atoms with Crippen LogP contribution in [0.2, 0.25) is 0 Å². The number of carbonyl (C=O) groups is 2. The first kappa shape index (κ1) is 21.9. The number of carboxylic acids is 1. The van der Waals surface area contributed by atoms with Crippen molar-refractivity contribution in [2.24, 2.45) is 0 Å². The molecule has 2 aliphatic rings. The third kappa shape index (κ3) is 9.18. The first-order valence-electron chi connectivity index (χ1n) is 9.32. The molecule has 2 rings (SSSR count). The molecule has 2 N–H and O–H groups in total. The molecule has 146 valence electrons. The average Bonchev–Trinajstić information content (AvgIpc) is 2.92. The van der Waals surface area contributed by atoms with E-state index in [1.54, 1.807) is 0 Å². The number of aliphatic hydroxyl groups is 1. The summed E-state index contributed by atoms with van der Waals surface area (Å²) in [5, 5.41) is 18.2. The fourth-order valence-electron chi connectivity index (χ4n) is 3.28. The molecule has 7 nitrogen and oxygen atoms in total. The molecule has 25 heavy (non-hydrogen) atoms. The van der Waals surface area contributed by atoms with Crippen LogP contribution in [0.5, 0.6) is 0 Å². The van der Waals surface area contributed by atoms with Crippen LogP contribution in [0, 0.1) is 0 Å². The van der Waals surface area contributed by atoms with Gasteiger partial charge in [0.1, 0.15) is 6.10 Å². The van der Waals surface area contributed by atoms with Crippen molar-refractivity contribution in [3.05, 3.63) is 0 Å². The summed E-state index contributed by atoms with van der Waals surface area (Å²) in [6.07, 6.45) is 5.34. The lowest BCUT2D eigenvalue weighted by atomic mass is 10.1. The molecule has 0 radical (unpaired) electrons. The highest BCUT2D eigenvalue weighted by Crippen LogP contribution is 2.27. The second kappa shape index (κ2) is 12.2. The van der Waals surface area contributed by atoms with Gasteiger partial charge < -0.3 is 19.7 Å². The Morgan fingerprint density at radius 1 is 1.16 bits per heavy atom. The molecule has 0 aromatic heterocycles. The van der Waals surface area contributed by atoms with Crippen molar-refractivity contribution >= 4 is 11.9 Å². The highest BCUT2D eigenvalue weighted by Gasteiger charge is 2.38. The smallest absolute Gasteiger partial charge is 0.303 e. The SMILES string of the molecule is CC(=O)O[C@H]1C[C@@H](O)[C@H](N2CCOCC2)C1.CCCCCCC(=O)O. The molecule has 0 bridgehead atoms. The second-order valence-corrected chi connectivity index (χ2v) is 6.69. The van der Waals surface area contributed by atoms with Gasteiger partial charge in [0.15, 0.2) is 0 Å². The highest BCUT2D eigenvalue weighted by atomic mass is 16.5. The minimum atomic E-state index is -0.675. The number of nitrogens with zero attached hydrogens (tertiary/aromatic N) is 1. The number of aliphatic hydroxyl groups excluding tert-OH is 1. The van der Waals surface area contributed by atoms with E-state index in [4.69, 9.17) is 14.6 Å². The van der Waals surface area contributed by atoms with Gasteiger partial charge in [-0.05, 0) is 6.42 Å². The summed E-state index contributed by atoms with van der Waals surface area (Å²) in [5.41, 5.74) is 0. The molecule has 2 fully saturated rings. The number of hydrogen-bond donors (Lipinski definition) is 2. The number of aliphatic carboxylic acids is 1. The number of unbranched alkanes of at least 4 members (excludes halogenated alkanes) is 3. The zero-order valence-corrected chi connectivity index (χ0v) is 15.5. The summed E-state index contributed by atoms with van der Waals surface area (Å²) < 4.78 is 10.4. The van der Waals surface area contributed by atoms with Crippen LogP contribution in [-0.2, 0) is 19.1 Å². The van der Waals surface area contributed by atoms with Crippen LogP contribution in [-0.4, -0.2) is 71.6 Å². The Morgan fingerprint density at radius 2 is 1.84 bits per heavy atom. The zero-order chi connectivity index (χ0) is 18.7. The van der Waals surface area contributed by atoms with Crippen LogP contribution < -0.4 is 0 Å². The van der Waals surface area contributed by atoms with Gasteiger partial charge >= 0.3 is 11.9 Å². The molecule has 1 aliphatic carbocycles. The van der Waals surface area contributed by atoms with E-state index in [9.17, 15) is 14.7 Å².